The molecule has 5 heteroatoms. The second-order valence-electron chi connectivity index (χ2n) is 5.74. The molecule has 0 saturated carbocycles. The molecule has 0 aliphatic carbocycles. The maximum absolute atomic E-state index is 12.4. The van der Waals surface area contributed by atoms with Gasteiger partial charge in [0, 0.05) is 31.7 Å². The van der Waals surface area contributed by atoms with Crippen molar-refractivity contribution in [3.05, 3.63) is 36.0 Å². The smallest absolute Gasteiger partial charge is 0.244 e. The molecule has 1 amide bonds. The molecule has 0 bridgehead atoms. The molecule has 1 fully saturated rings. The zero-order valence-electron chi connectivity index (χ0n) is 12.8. The minimum Gasteiger partial charge on any atom is -0.359 e. The summed E-state index contributed by atoms with van der Waals surface area (Å²) in [5.74, 6) is 0.108. The van der Waals surface area contributed by atoms with Gasteiger partial charge >= 0.3 is 0 Å². The minimum absolute atomic E-state index is 0.108. The molecule has 1 atom stereocenters. The molecule has 0 N–H and O–H groups in total. The molecule has 2 aromatic rings. The topological polar surface area (TPSA) is 60.2 Å². The van der Waals surface area contributed by atoms with Crippen LogP contribution in [0.5, 0.6) is 0 Å². The van der Waals surface area contributed by atoms with Crippen LogP contribution in [0.15, 0.2) is 30.3 Å². The molecule has 22 heavy (non-hydrogen) atoms. The first-order chi connectivity index (χ1) is 10.6. The lowest BCUT2D eigenvalue weighted by atomic mass is 10.1. The van der Waals surface area contributed by atoms with Gasteiger partial charge in [0.2, 0.25) is 5.91 Å². The fourth-order valence-corrected chi connectivity index (χ4v) is 3.06. The first kappa shape index (κ1) is 14.3. The standard InChI is InChI=1S/C17H18N4O/c1-20(2)17(22)15-8-5-9-21(15)16-10-12(11-18)19-14-7-4-3-6-13(14)16/h3-4,6-7,10,15H,5,8-9H2,1-2H3/t15-/m0/s1. The van der Waals surface area contributed by atoms with Gasteiger partial charge in [-0.15, -0.1) is 0 Å². The Morgan fingerprint density at radius 2 is 2.18 bits per heavy atom. The van der Waals surface area contributed by atoms with E-state index in [1.807, 2.05) is 24.3 Å². The maximum atomic E-state index is 12.4. The summed E-state index contributed by atoms with van der Waals surface area (Å²) >= 11 is 0. The number of benzene rings is 1. The predicted molar refractivity (Wildman–Crippen MR) is 85.5 cm³/mol. The van der Waals surface area contributed by atoms with Crippen LogP contribution in [0, 0.1) is 11.3 Å². The number of carbonyl (C=O) groups excluding carboxylic acids is 1. The number of aromatic nitrogens is 1. The number of para-hydroxylation sites is 1. The number of fused-ring (bicyclic) bond motifs is 1. The van der Waals surface area contributed by atoms with Crippen molar-refractivity contribution in [2.75, 3.05) is 25.5 Å². The van der Waals surface area contributed by atoms with Gasteiger partial charge in [-0.05, 0) is 25.0 Å². The van der Waals surface area contributed by atoms with Crippen molar-refractivity contribution in [2.45, 2.75) is 18.9 Å². The van der Waals surface area contributed by atoms with Crippen LogP contribution in [0.2, 0.25) is 0 Å². The van der Waals surface area contributed by atoms with Crippen LogP contribution in [0.1, 0.15) is 18.5 Å². The van der Waals surface area contributed by atoms with E-state index in [1.165, 1.54) is 0 Å². The normalized spacial score (nSPS) is 17.5. The number of rotatable bonds is 2. The molecule has 0 spiro atoms. The Bertz CT molecular complexity index is 763. The second-order valence-corrected chi connectivity index (χ2v) is 5.74. The highest BCUT2D eigenvalue weighted by Gasteiger charge is 2.32. The molecule has 1 saturated heterocycles. The quantitative estimate of drug-likeness (QED) is 0.851. The van der Waals surface area contributed by atoms with Crippen LogP contribution in [-0.2, 0) is 4.79 Å². The molecule has 112 valence electrons. The summed E-state index contributed by atoms with van der Waals surface area (Å²) in [7, 11) is 3.56. The molecule has 1 aliphatic rings. The molecule has 0 radical (unpaired) electrons. The monoisotopic (exact) mass is 294 g/mol. The molecule has 2 heterocycles. The second kappa shape index (κ2) is 5.64. The van der Waals surface area contributed by atoms with Gasteiger partial charge in [-0.3, -0.25) is 4.79 Å². The van der Waals surface area contributed by atoms with Crippen molar-refractivity contribution in [3.8, 4) is 6.07 Å². The lowest BCUT2D eigenvalue weighted by Crippen LogP contribution is -2.42. The third kappa shape index (κ3) is 2.37. The zero-order valence-corrected chi connectivity index (χ0v) is 12.8. The summed E-state index contributed by atoms with van der Waals surface area (Å²) < 4.78 is 0. The summed E-state index contributed by atoms with van der Waals surface area (Å²) in [5.41, 5.74) is 2.11. The van der Waals surface area contributed by atoms with Crippen molar-refractivity contribution in [1.29, 1.82) is 5.26 Å². The highest BCUT2D eigenvalue weighted by molar-refractivity contribution is 5.95. The SMILES string of the molecule is CN(C)C(=O)[C@@H]1CCCN1c1cc(C#N)nc2ccccc12. The van der Waals surface area contributed by atoms with Crippen LogP contribution < -0.4 is 4.90 Å². The average Bonchev–Trinajstić information content (AvgIpc) is 3.02. The van der Waals surface area contributed by atoms with E-state index in [0.717, 1.165) is 36.0 Å². The van der Waals surface area contributed by atoms with E-state index in [1.54, 1.807) is 25.1 Å². The lowest BCUT2D eigenvalue weighted by Gasteiger charge is -2.29. The van der Waals surface area contributed by atoms with Gasteiger partial charge < -0.3 is 9.80 Å². The third-order valence-electron chi connectivity index (χ3n) is 4.10. The fraction of sp³-hybridized carbons (Fsp3) is 0.353. The Kier molecular flexibility index (Phi) is 3.68. The fourth-order valence-electron chi connectivity index (χ4n) is 3.06. The van der Waals surface area contributed by atoms with Crippen LogP contribution in [0.25, 0.3) is 10.9 Å². The van der Waals surface area contributed by atoms with E-state index in [4.69, 9.17) is 0 Å². The number of nitriles is 1. The number of likely N-dealkylation sites (N-methyl/N-ethyl adjacent to an activating group) is 1. The van der Waals surface area contributed by atoms with Gasteiger partial charge in [-0.2, -0.15) is 5.26 Å². The van der Waals surface area contributed by atoms with Gasteiger partial charge in [0.1, 0.15) is 17.8 Å². The van der Waals surface area contributed by atoms with Crippen LogP contribution in [-0.4, -0.2) is 42.5 Å². The largest absolute Gasteiger partial charge is 0.359 e. The van der Waals surface area contributed by atoms with Crippen molar-refractivity contribution >= 4 is 22.5 Å². The Hall–Kier alpha value is -2.61. The van der Waals surface area contributed by atoms with E-state index >= 15 is 0 Å². The number of hydrogen-bond donors (Lipinski definition) is 0. The number of anilines is 1. The molecule has 5 nitrogen and oxygen atoms in total. The van der Waals surface area contributed by atoms with Gasteiger partial charge in [0.05, 0.1) is 5.52 Å². The molecular weight excluding hydrogens is 276 g/mol. The highest BCUT2D eigenvalue weighted by atomic mass is 16.2. The van der Waals surface area contributed by atoms with Crippen molar-refractivity contribution in [3.63, 3.8) is 0 Å². The van der Waals surface area contributed by atoms with Crippen LogP contribution in [0.4, 0.5) is 5.69 Å². The molecule has 1 aromatic carbocycles. The van der Waals surface area contributed by atoms with Crippen LogP contribution in [0.3, 0.4) is 0 Å². The van der Waals surface area contributed by atoms with E-state index in [9.17, 15) is 10.1 Å². The Morgan fingerprint density at radius 3 is 2.91 bits per heavy atom. The average molecular weight is 294 g/mol. The third-order valence-corrected chi connectivity index (χ3v) is 4.10. The predicted octanol–water partition coefficient (Wildman–Crippen LogP) is 2.16. The molecule has 0 unspecified atom stereocenters. The van der Waals surface area contributed by atoms with E-state index < -0.39 is 0 Å². The first-order valence-electron chi connectivity index (χ1n) is 7.39. The summed E-state index contributed by atoms with van der Waals surface area (Å²) in [6.07, 6.45) is 1.82. The van der Waals surface area contributed by atoms with Crippen molar-refractivity contribution < 1.29 is 4.79 Å². The number of hydrogen-bond acceptors (Lipinski definition) is 4. The van der Waals surface area contributed by atoms with Crippen LogP contribution >= 0.6 is 0 Å². The highest BCUT2D eigenvalue weighted by Crippen LogP contribution is 2.32. The number of amides is 1. The van der Waals surface area contributed by atoms with Gasteiger partial charge in [0.25, 0.3) is 0 Å². The molecule has 3 rings (SSSR count). The van der Waals surface area contributed by atoms with E-state index in [-0.39, 0.29) is 11.9 Å². The van der Waals surface area contributed by atoms with Gasteiger partial charge in [0.15, 0.2) is 0 Å². The Morgan fingerprint density at radius 1 is 1.41 bits per heavy atom. The van der Waals surface area contributed by atoms with E-state index in [2.05, 4.69) is 16.0 Å². The first-order valence-corrected chi connectivity index (χ1v) is 7.39. The Labute approximate surface area is 129 Å². The molecule has 1 aliphatic heterocycles. The summed E-state index contributed by atoms with van der Waals surface area (Å²) in [6, 6.07) is 11.5. The maximum Gasteiger partial charge on any atom is 0.244 e. The minimum atomic E-state index is -0.160. The van der Waals surface area contributed by atoms with Crippen molar-refractivity contribution in [2.24, 2.45) is 0 Å². The van der Waals surface area contributed by atoms with Gasteiger partial charge in [-0.25, -0.2) is 4.98 Å². The number of nitrogens with zero attached hydrogens (tertiary/aromatic N) is 4. The van der Waals surface area contributed by atoms with Gasteiger partial charge in [-0.1, -0.05) is 18.2 Å². The summed E-state index contributed by atoms with van der Waals surface area (Å²) in [4.78, 5) is 20.5. The summed E-state index contributed by atoms with van der Waals surface area (Å²) in [6.45, 7) is 0.823. The molecule has 1 aromatic heterocycles. The summed E-state index contributed by atoms with van der Waals surface area (Å²) in [5, 5.41) is 10.2. The zero-order chi connectivity index (χ0) is 15.7. The lowest BCUT2D eigenvalue weighted by molar-refractivity contribution is -0.129. The van der Waals surface area contributed by atoms with Crippen molar-refractivity contribution in [1.82, 2.24) is 9.88 Å². The van der Waals surface area contributed by atoms with E-state index in [0.29, 0.717) is 5.69 Å². The number of carbonyl (C=O) groups is 1. The number of pyridine rings is 1. The Balaban J connectivity index is 2.12. The molecular formula is C17H18N4O.